The molecule has 0 radical (unpaired) electrons. The molecule has 2 aromatic rings. The van der Waals surface area contributed by atoms with Gasteiger partial charge in [0.15, 0.2) is 0 Å². The van der Waals surface area contributed by atoms with Gasteiger partial charge in [0.25, 0.3) is 0 Å². The molecule has 0 saturated heterocycles. The van der Waals surface area contributed by atoms with Crippen LogP contribution in [0.15, 0.2) is 28.7 Å². The summed E-state index contributed by atoms with van der Waals surface area (Å²) in [5, 5.41) is 11.7. The summed E-state index contributed by atoms with van der Waals surface area (Å²) in [4.78, 5) is 0. The van der Waals surface area contributed by atoms with Crippen LogP contribution in [-0.2, 0) is 12.8 Å². The molecule has 1 N–H and O–H groups in total. The number of hydrogen-bond donors (Lipinski definition) is 1. The van der Waals surface area contributed by atoms with Crippen LogP contribution in [0.25, 0.3) is 11.5 Å². The fourth-order valence-electron chi connectivity index (χ4n) is 2.17. The van der Waals surface area contributed by atoms with Gasteiger partial charge in [-0.3, -0.25) is 0 Å². The van der Waals surface area contributed by atoms with E-state index in [4.69, 9.17) is 4.42 Å². The number of aryl methyl sites for hydroxylation is 2. The number of rotatable bonds is 8. The topological polar surface area (TPSA) is 51.0 Å². The van der Waals surface area contributed by atoms with Crippen molar-refractivity contribution in [3.05, 3.63) is 35.7 Å². The van der Waals surface area contributed by atoms with Crippen molar-refractivity contribution in [1.29, 1.82) is 0 Å². The first kappa shape index (κ1) is 14.7. The van der Waals surface area contributed by atoms with Gasteiger partial charge in [0.1, 0.15) is 0 Å². The van der Waals surface area contributed by atoms with Crippen molar-refractivity contribution >= 4 is 0 Å². The summed E-state index contributed by atoms with van der Waals surface area (Å²) < 4.78 is 5.77. The Morgan fingerprint density at radius 1 is 1.10 bits per heavy atom. The molecule has 108 valence electrons. The lowest BCUT2D eigenvalue weighted by Crippen LogP contribution is -2.16. The van der Waals surface area contributed by atoms with Crippen LogP contribution in [0.5, 0.6) is 0 Å². The first-order valence-electron chi connectivity index (χ1n) is 7.46. The van der Waals surface area contributed by atoms with Crippen molar-refractivity contribution < 1.29 is 4.42 Å². The Hall–Kier alpha value is -1.68. The highest BCUT2D eigenvalue weighted by atomic mass is 16.4. The van der Waals surface area contributed by atoms with Gasteiger partial charge in [-0.15, -0.1) is 10.2 Å². The van der Waals surface area contributed by atoms with E-state index in [0.717, 1.165) is 43.8 Å². The zero-order valence-corrected chi connectivity index (χ0v) is 12.4. The second kappa shape index (κ2) is 7.80. The standard InChI is InChI=1S/C16H23N3O/c1-3-11-17-12-7-10-15-18-19-16(20-15)14-9-6-5-8-13(14)4-2/h5-6,8-9,17H,3-4,7,10-12H2,1-2H3. The molecule has 0 fully saturated rings. The van der Waals surface area contributed by atoms with Crippen LogP contribution >= 0.6 is 0 Å². The van der Waals surface area contributed by atoms with E-state index < -0.39 is 0 Å². The van der Waals surface area contributed by atoms with E-state index in [1.807, 2.05) is 18.2 Å². The Kier molecular flexibility index (Phi) is 5.74. The summed E-state index contributed by atoms with van der Waals surface area (Å²) in [6.45, 7) is 6.37. The molecule has 0 aliphatic rings. The normalized spacial score (nSPS) is 10.9. The molecule has 0 aliphatic carbocycles. The van der Waals surface area contributed by atoms with Gasteiger partial charge >= 0.3 is 0 Å². The van der Waals surface area contributed by atoms with E-state index in [2.05, 4.69) is 35.4 Å². The highest BCUT2D eigenvalue weighted by molar-refractivity contribution is 5.58. The Morgan fingerprint density at radius 3 is 2.75 bits per heavy atom. The van der Waals surface area contributed by atoms with Crippen molar-refractivity contribution in [2.75, 3.05) is 13.1 Å². The van der Waals surface area contributed by atoms with Crippen LogP contribution in [0.4, 0.5) is 0 Å². The van der Waals surface area contributed by atoms with Crippen LogP contribution in [0.2, 0.25) is 0 Å². The smallest absolute Gasteiger partial charge is 0.248 e. The molecule has 0 aliphatic heterocycles. The molecule has 1 heterocycles. The maximum Gasteiger partial charge on any atom is 0.248 e. The Balaban J connectivity index is 1.95. The summed E-state index contributed by atoms with van der Waals surface area (Å²) in [5.41, 5.74) is 2.30. The molecule has 0 saturated carbocycles. The number of aromatic nitrogens is 2. The fourth-order valence-corrected chi connectivity index (χ4v) is 2.17. The van der Waals surface area contributed by atoms with E-state index in [1.165, 1.54) is 12.0 Å². The van der Waals surface area contributed by atoms with Crippen molar-refractivity contribution in [3.8, 4) is 11.5 Å². The summed E-state index contributed by atoms with van der Waals surface area (Å²) in [7, 11) is 0. The summed E-state index contributed by atoms with van der Waals surface area (Å²) in [6, 6.07) is 8.19. The zero-order chi connectivity index (χ0) is 14.2. The number of nitrogens with one attached hydrogen (secondary N) is 1. The quantitative estimate of drug-likeness (QED) is 0.750. The lowest BCUT2D eigenvalue weighted by Gasteiger charge is -2.02. The predicted molar refractivity (Wildman–Crippen MR) is 80.6 cm³/mol. The van der Waals surface area contributed by atoms with Gasteiger partial charge < -0.3 is 9.73 Å². The van der Waals surface area contributed by atoms with Crippen molar-refractivity contribution in [2.24, 2.45) is 0 Å². The van der Waals surface area contributed by atoms with Gasteiger partial charge in [-0.25, -0.2) is 0 Å². The minimum Gasteiger partial charge on any atom is -0.421 e. The van der Waals surface area contributed by atoms with E-state index in [0.29, 0.717) is 5.89 Å². The zero-order valence-electron chi connectivity index (χ0n) is 12.4. The lowest BCUT2D eigenvalue weighted by molar-refractivity contribution is 0.491. The molecule has 2 rings (SSSR count). The third-order valence-electron chi connectivity index (χ3n) is 3.27. The Labute approximate surface area is 120 Å². The molecule has 20 heavy (non-hydrogen) atoms. The number of benzene rings is 1. The van der Waals surface area contributed by atoms with Crippen molar-refractivity contribution in [3.63, 3.8) is 0 Å². The average molecular weight is 273 g/mol. The predicted octanol–water partition coefficient (Wildman–Crippen LogP) is 3.23. The third-order valence-corrected chi connectivity index (χ3v) is 3.27. The molecular formula is C16H23N3O. The summed E-state index contributed by atoms with van der Waals surface area (Å²) >= 11 is 0. The Bertz CT molecular complexity index is 522. The van der Waals surface area contributed by atoms with Gasteiger partial charge in [-0.2, -0.15) is 0 Å². The van der Waals surface area contributed by atoms with E-state index in [1.54, 1.807) is 0 Å². The van der Waals surface area contributed by atoms with Gasteiger partial charge in [-0.05, 0) is 44.0 Å². The molecule has 0 amide bonds. The second-order valence-electron chi connectivity index (χ2n) is 4.87. The van der Waals surface area contributed by atoms with Crippen molar-refractivity contribution in [1.82, 2.24) is 15.5 Å². The SMILES string of the molecule is CCCNCCCc1nnc(-c2ccccc2CC)o1. The van der Waals surface area contributed by atoms with E-state index >= 15 is 0 Å². The summed E-state index contributed by atoms with van der Waals surface area (Å²) in [6.07, 6.45) is 3.99. The third kappa shape index (κ3) is 3.90. The summed E-state index contributed by atoms with van der Waals surface area (Å²) in [5.74, 6) is 1.36. The fraction of sp³-hybridized carbons (Fsp3) is 0.500. The van der Waals surface area contributed by atoms with Gasteiger partial charge in [0.05, 0.1) is 0 Å². The average Bonchev–Trinajstić information content (AvgIpc) is 2.95. The van der Waals surface area contributed by atoms with Gasteiger partial charge in [-0.1, -0.05) is 32.0 Å². The second-order valence-corrected chi connectivity index (χ2v) is 4.87. The molecule has 0 spiro atoms. The highest BCUT2D eigenvalue weighted by Crippen LogP contribution is 2.22. The monoisotopic (exact) mass is 273 g/mol. The molecule has 0 unspecified atom stereocenters. The van der Waals surface area contributed by atoms with Gasteiger partial charge in [0.2, 0.25) is 11.8 Å². The molecule has 1 aromatic carbocycles. The molecule has 1 aromatic heterocycles. The molecule has 0 atom stereocenters. The van der Waals surface area contributed by atoms with Crippen LogP contribution in [0.3, 0.4) is 0 Å². The lowest BCUT2D eigenvalue weighted by atomic mass is 10.1. The van der Waals surface area contributed by atoms with Crippen molar-refractivity contribution in [2.45, 2.75) is 39.5 Å². The molecular weight excluding hydrogens is 250 g/mol. The molecule has 4 heteroatoms. The van der Waals surface area contributed by atoms with Crippen LogP contribution < -0.4 is 5.32 Å². The maximum atomic E-state index is 5.77. The first-order chi connectivity index (χ1) is 9.85. The number of hydrogen-bond acceptors (Lipinski definition) is 4. The number of nitrogens with zero attached hydrogens (tertiary/aromatic N) is 2. The van der Waals surface area contributed by atoms with Crippen LogP contribution in [-0.4, -0.2) is 23.3 Å². The Morgan fingerprint density at radius 2 is 1.95 bits per heavy atom. The van der Waals surface area contributed by atoms with E-state index in [9.17, 15) is 0 Å². The van der Waals surface area contributed by atoms with Crippen LogP contribution in [0, 0.1) is 0 Å². The maximum absolute atomic E-state index is 5.77. The first-order valence-corrected chi connectivity index (χ1v) is 7.46. The molecule has 4 nitrogen and oxygen atoms in total. The highest BCUT2D eigenvalue weighted by Gasteiger charge is 2.11. The van der Waals surface area contributed by atoms with Gasteiger partial charge in [0, 0.05) is 12.0 Å². The minimum atomic E-state index is 0.638. The van der Waals surface area contributed by atoms with E-state index in [-0.39, 0.29) is 0 Å². The largest absolute Gasteiger partial charge is 0.421 e. The van der Waals surface area contributed by atoms with Crippen LogP contribution in [0.1, 0.15) is 38.1 Å². The minimum absolute atomic E-state index is 0.638. The molecule has 0 bridgehead atoms.